The fourth-order valence-electron chi connectivity index (χ4n) is 2.74. The molecule has 0 spiro atoms. The smallest absolute Gasteiger partial charge is 0.229 e. The molecule has 4 nitrogen and oxygen atoms in total. The first-order chi connectivity index (χ1) is 9.72. The minimum atomic E-state index is -0.379. The van der Waals surface area contributed by atoms with Crippen molar-refractivity contribution in [2.75, 3.05) is 0 Å². The van der Waals surface area contributed by atoms with E-state index in [1.807, 2.05) is 12.1 Å². The predicted molar refractivity (Wildman–Crippen MR) is 76.4 cm³/mol. The Morgan fingerprint density at radius 3 is 2.65 bits per heavy atom. The number of rotatable bonds is 4. The van der Waals surface area contributed by atoms with Gasteiger partial charge in [0.15, 0.2) is 0 Å². The van der Waals surface area contributed by atoms with Crippen molar-refractivity contribution in [3.63, 3.8) is 0 Å². The number of aromatic nitrogens is 2. The molecule has 0 aliphatic heterocycles. The second kappa shape index (κ2) is 5.94. The monoisotopic (exact) mass is 292 g/mol. The van der Waals surface area contributed by atoms with Crippen LogP contribution in [0.4, 0.5) is 0 Å². The average Bonchev–Trinajstić information content (AvgIpc) is 3.10. The zero-order valence-corrected chi connectivity index (χ0v) is 11.9. The van der Waals surface area contributed by atoms with Gasteiger partial charge in [0.05, 0.1) is 12.5 Å². The summed E-state index contributed by atoms with van der Waals surface area (Å²) in [5.41, 5.74) is 0.861. The van der Waals surface area contributed by atoms with Gasteiger partial charge in [-0.05, 0) is 43.0 Å². The number of hydrogen-bond donors (Lipinski definition) is 1. The average molecular weight is 293 g/mol. The van der Waals surface area contributed by atoms with Gasteiger partial charge in [0, 0.05) is 10.6 Å². The van der Waals surface area contributed by atoms with Gasteiger partial charge < -0.3 is 9.63 Å². The van der Waals surface area contributed by atoms with E-state index in [9.17, 15) is 5.11 Å². The largest absolute Gasteiger partial charge is 0.392 e. The van der Waals surface area contributed by atoms with Crippen molar-refractivity contribution in [2.24, 2.45) is 5.92 Å². The van der Waals surface area contributed by atoms with Crippen molar-refractivity contribution >= 4 is 11.6 Å². The van der Waals surface area contributed by atoms with Crippen LogP contribution in [0.15, 0.2) is 28.8 Å². The van der Waals surface area contributed by atoms with Crippen molar-refractivity contribution in [2.45, 2.75) is 38.2 Å². The van der Waals surface area contributed by atoms with E-state index in [0.29, 0.717) is 29.1 Å². The minimum Gasteiger partial charge on any atom is -0.392 e. The summed E-state index contributed by atoms with van der Waals surface area (Å²) >= 11 is 5.85. The Morgan fingerprint density at radius 1 is 1.25 bits per heavy atom. The normalized spacial score (nSPS) is 17.5. The highest BCUT2D eigenvalue weighted by Gasteiger charge is 2.25. The first-order valence-electron chi connectivity index (χ1n) is 6.99. The molecule has 2 aromatic rings. The van der Waals surface area contributed by atoms with Gasteiger partial charge in [0.25, 0.3) is 0 Å². The molecule has 0 radical (unpaired) electrons. The van der Waals surface area contributed by atoms with Gasteiger partial charge in [-0.2, -0.15) is 4.98 Å². The third-order valence-electron chi connectivity index (χ3n) is 3.90. The molecule has 5 heteroatoms. The molecule has 106 valence electrons. The summed E-state index contributed by atoms with van der Waals surface area (Å²) in [7, 11) is 0. The summed E-state index contributed by atoms with van der Waals surface area (Å²) in [5.74, 6) is 1.41. The molecule has 3 rings (SSSR count). The Balaban J connectivity index is 1.68. The summed E-state index contributed by atoms with van der Waals surface area (Å²) in [6, 6.07) is 7.29. The maximum atomic E-state index is 10.2. The molecular weight excluding hydrogens is 276 g/mol. The quantitative estimate of drug-likeness (QED) is 0.937. The van der Waals surface area contributed by atoms with E-state index < -0.39 is 0 Å². The molecule has 1 aliphatic rings. The van der Waals surface area contributed by atoms with Gasteiger partial charge in [0.2, 0.25) is 11.7 Å². The Labute approximate surface area is 122 Å². The second-order valence-corrected chi connectivity index (χ2v) is 5.77. The van der Waals surface area contributed by atoms with E-state index in [2.05, 4.69) is 10.1 Å². The van der Waals surface area contributed by atoms with Crippen LogP contribution in [0.2, 0.25) is 5.02 Å². The lowest BCUT2D eigenvalue weighted by Gasteiger charge is -2.14. The summed E-state index contributed by atoms with van der Waals surface area (Å²) in [4.78, 5) is 4.34. The van der Waals surface area contributed by atoms with E-state index in [1.165, 1.54) is 12.8 Å². The SMILES string of the molecule is OC(Cc1nc(-c2ccc(Cl)cc2)no1)C1CCCC1. The minimum absolute atomic E-state index is 0.376. The maximum Gasteiger partial charge on any atom is 0.229 e. The molecule has 1 aliphatic carbocycles. The van der Waals surface area contributed by atoms with E-state index in [0.717, 1.165) is 18.4 Å². The van der Waals surface area contributed by atoms with Crippen LogP contribution in [0.25, 0.3) is 11.4 Å². The highest BCUT2D eigenvalue weighted by molar-refractivity contribution is 6.30. The summed E-state index contributed by atoms with van der Waals surface area (Å²) < 4.78 is 5.23. The molecule has 1 atom stereocenters. The lowest BCUT2D eigenvalue weighted by molar-refractivity contribution is 0.102. The Bertz CT molecular complexity index is 562. The van der Waals surface area contributed by atoms with E-state index in [-0.39, 0.29) is 6.10 Å². The van der Waals surface area contributed by atoms with Gasteiger partial charge in [-0.25, -0.2) is 0 Å². The highest BCUT2D eigenvalue weighted by atomic mass is 35.5. The molecule has 1 unspecified atom stereocenters. The van der Waals surface area contributed by atoms with Crippen molar-refractivity contribution < 1.29 is 9.63 Å². The number of aliphatic hydroxyl groups excluding tert-OH is 1. The first-order valence-corrected chi connectivity index (χ1v) is 7.37. The lowest BCUT2D eigenvalue weighted by Crippen LogP contribution is -2.20. The third kappa shape index (κ3) is 3.02. The van der Waals surface area contributed by atoms with Crippen LogP contribution >= 0.6 is 11.6 Å². The molecular formula is C15H17ClN2O2. The van der Waals surface area contributed by atoms with Crippen LogP contribution < -0.4 is 0 Å². The van der Waals surface area contributed by atoms with Gasteiger partial charge in [-0.15, -0.1) is 0 Å². The number of hydrogen-bond acceptors (Lipinski definition) is 4. The molecule has 1 N–H and O–H groups in total. The number of nitrogens with zero attached hydrogens (tertiary/aromatic N) is 2. The van der Waals surface area contributed by atoms with E-state index in [1.54, 1.807) is 12.1 Å². The molecule has 20 heavy (non-hydrogen) atoms. The van der Waals surface area contributed by atoms with Gasteiger partial charge in [-0.1, -0.05) is 29.6 Å². The molecule has 0 amide bonds. The van der Waals surface area contributed by atoms with Gasteiger partial charge in [0.1, 0.15) is 0 Å². The Kier molecular flexibility index (Phi) is 4.03. The zero-order chi connectivity index (χ0) is 13.9. The van der Waals surface area contributed by atoms with E-state index >= 15 is 0 Å². The Hall–Kier alpha value is -1.39. The van der Waals surface area contributed by atoms with E-state index in [4.69, 9.17) is 16.1 Å². The second-order valence-electron chi connectivity index (χ2n) is 5.33. The van der Waals surface area contributed by atoms with Crippen LogP contribution in [-0.4, -0.2) is 21.4 Å². The number of aliphatic hydroxyl groups is 1. The van der Waals surface area contributed by atoms with Crippen molar-refractivity contribution in [1.82, 2.24) is 10.1 Å². The third-order valence-corrected chi connectivity index (χ3v) is 4.15. The molecule has 0 saturated heterocycles. The number of halogens is 1. The van der Waals surface area contributed by atoms with Crippen molar-refractivity contribution in [3.8, 4) is 11.4 Å². The molecule has 1 aromatic carbocycles. The van der Waals surface area contributed by atoms with Crippen LogP contribution in [0, 0.1) is 5.92 Å². The fraction of sp³-hybridized carbons (Fsp3) is 0.467. The molecule has 1 fully saturated rings. The Morgan fingerprint density at radius 2 is 1.95 bits per heavy atom. The predicted octanol–water partition coefficient (Wildman–Crippen LogP) is 3.48. The lowest BCUT2D eigenvalue weighted by atomic mass is 9.98. The van der Waals surface area contributed by atoms with Crippen LogP contribution in [0.1, 0.15) is 31.6 Å². The summed E-state index contributed by atoms with van der Waals surface area (Å²) in [5, 5.41) is 14.8. The van der Waals surface area contributed by atoms with Gasteiger partial charge >= 0.3 is 0 Å². The standard InChI is InChI=1S/C15H17ClN2O2/c16-12-7-5-11(6-8-12)15-17-14(20-18-15)9-13(19)10-3-1-2-4-10/h5-8,10,13,19H,1-4,9H2. The van der Waals surface area contributed by atoms with Crippen molar-refractivity contribution in [3.05, 3.63) is 35.2 Å². The van der Waals surface area contributed by atoms with Crippen LogP contribution in [0.5, 0.6) is 0 Å². The fourth-order valence-corrected chi connectivity index (χ4v) is 2.87. The molecule has 1 aromatic heterocycles. The van der Waals surface area contributed by atoms with Crippen LogP contribution in [-0.2, 0) is 6.42 Å². The summed E-state index contributed by atoms with van der Waals surface area (Å²) in [6.07, 6.45) is 4.67. The topological polar surface area (TPSA) is 59.2 Å². The van der Waals surface area contributed by atoms with Gasteiger partial charge in [-0.3, -0.25) is 0 Å². The molecule has 1 saturated carbocycles. The summed E-state index contributed by atoms with van der Waals surface area (Å²) in [6.45, 7) is 0. The van der Waals surface area contributed by atoms with Crippen LogP contribution in [0.3, 0.4) is 0 Å². The zero-order valence-electron chi connectivity index (χ0n) is 11.1. The van der Waals surface area contributed by atoms with Crippen molar-refractivity contribution in [1.29, 1.82) is 0 Å². The maximum absolute atomic E-state index is 10.2. The molecule has 0 bridgehead atoms. The first kappa shape index (κ1) is 13.6. The number of benzene rings is 1. The highest BCUT2D eigenvalue weighted by Crippen LogP contribution is 2.29. The molecule has 1 heterocycles.